The summed E-state index contributed by atoms with van der Waals surface area (Å²) < 4.78 is 127. The van der Waals surface area contributed by atoms with Crippen LogP contribution in [-0.4, -0.2) is 24.1 Å². The van der Waals surface area contributed by atoms with E-state index < -0.39 is 36.2 Å². The molecule has 0 heterocycles. The average molecular weight is 320 g/mol. The average Bonchev–Trinajstić information content (AvgIpc) is 2.26. The number of hydrogen-bond donors (Lipinski definition) is 0. The molecule has 1 nitrogen and oxygen atoms in total. The molecule has 0 aromatic rings. The first-order valence-corrected chi connectivity index (χ1v) is 4.61. The Morgan fingerprint density at radius 1 is 1.00 bits per heavy atom. The Hall–Kier alpha value is -1.42. The maximum atomic E-state index is 13.3. The summed E-state index contributed by atoms with van der Waals surface area (Å²) in [6.45, 7) is 0.915. The second-order valence-electron chi connectivity index (χ2n) is 3.28. The fourth-order valence-electron chi connectivity index (χ4n) is 0.944. The van der Waals surface area contributed by atoms with Crippen molar-refractivity contribution in [3.8, 4) is 0 Å². The molecule has 0 rings (SSSR count). The van der Waals surface area contributed by atoms with Crippen LogP contribution in [0.4, 0.5) is 43.9 Å². The van der Waals surface area contributed by atoms with Crippen molar-refractivity contribution in [2.75, 3.05) is 0 Å². The summed E-state index contributed by atoms with van der Waals surface area (Å²) in [4.78, 5) is 0. The molecule has 0 radical (unpaired) electrons. The van der Waals surface area contributed by atoms with E-state index in [0.717, 1.165) is 6.92 Å². The van der Waals surface area contributed by atoms with Gasteiger partial charge in [0, 0.05) is 0 Å². The molecule has 0 bridgehead atoms. The van der Waals surface area contributed by atoms with E-state index in [9.17, 15) is 43.9 Å². The summed E-state index contributed by atoms with van der Waals surface area (Å²) in [6, 6.07) is -3.53. The minimum absolute atomic E-state index is 0.184. The lowest BCUT2D eigenvalue weighted by Crippen LogP contribution is -2.60. The molecule has 0 aromatic carbocycles. The number of alkyl halides is 7. The van der Waals surface area contributed by atoms with Gasteiger partial charge in [-0.05, 0) is 13.0 Å². The highest BCUT2D eigenvalue weighted by molar-refractivity contribution is 5.06. The molecule has 0 N–H and O–H groups in total. The predicted octanol–water partition coefficient (Wildman–Crippen LogP) is 4.82. The summed E-state index contributed by atoms with van der Waals surface area (Å²) in [5.41, 5.74) is 0. The molecule has 20 heavy (non-hydrogen) atoms. The van der Waals surface area contributed by atoms with Gasteiger partial charge in [-0.25, -0.2) is 4.39 Å². The van der Waals surface area contributed by atoms with Crippen LogP contribution < -0.4 is 0 Å². The highest BCUT2D eigenvalue weighted by Gasteiger charge is 2.77. The molecule has 0 aliphatic rings. The molecular weight excluding hydrogens is 314 g/mol. The van der Waals surface area contributed by atoms with Crippen molar-refractivity contribution in [3.05, 3.63) is 24.2 Å². The van der Waals surface area contributed by atoms with Crippen LogP contribution in [0.25, 0.3) is 0 Å². The van der Waals surface area contributed by atoms with E-state index in [1.807, 2.05) is 0 Å². The number of hydrogen-bond acceptors (Lipinski definition) is 1. The molecule has 0 spiro atoms. The van der Waals surface area contributed by atoms with Gasteiger partial charge in [0.2, 0.25) is 0 Å². The van der Waals surface area contributed by atoms with E-state index in [2.05, 4.69) is 4.74 Å². The molecule has 2 unspecified atom stereocenters. The Balaban J connectivity index is 5.86. The van der Waals surface area contributed by atoms with Crippen molar-refractivity contribution in [2.45, 2.75) is 31.0 Å². The highest BCUT2D eigenvalue weighted by Crippen LogP contribution is 2.50. The molecule has 0 saturated heterocycles. The van der Waals surface area contributed by atoms with Crippen LogP contribution >= 0.6 is 0 Å². The van der Waals surface area contributed by atoms with Gasteiger partial charge in [0.1, 0.15) is 0 Å². The van der Waals surface area contributed by atoms with Crippen LogP contribution in [0.3, 0.4) is 0 Å². The Bertz CT molecular complexity index is 394. The maximum Gasteiger partial charge on any atom is 0.467 e. The first-order chi connectivity index (χ1) is 8.81. The molecule has 0 fully saturated rings. The molecule has 118 valence electrons. The maximum absolute atomic E-state index is 13.3. The Morgan fingerprint density at radius 3 is 1.75 bits per heavy atom. The lowest BCUT2D eigenvalue weighted by molar-refractivity contribution is -0.401. The largest absolute Gasteiger partial charge is 0.467 e. The van der Waals surface area contributed by atoms with Crippen molar-refractivity contribution < 1.29 is 48.6 Å². The van der Waals surface area contributed by atoms with E-state index in [1.54, 1.807) is 0 Å². The van der Waals surface area contributed by atoms with Crippen LogP contribution in [0.2, 0.25) is 0 Å². The zero-order valence-electron chi connectivity index (χ0n) is 9.42. The molecule has 0 aliphatic heterocycles. The first-order valence-electron chi connectivity index (χ1n) is 4.61. The molecule has 0 aliphatic carbocycles. The molecule has 0 aromatic heterocycles. The number of halogens is 10. The zero-order valence-corrected chi connectivity index (χ0v) is 9.42. The first kappa shape index (κ1) is 18.6. The summed E-state index contributed by atoms with van der Waals surface area (Å²) in [5, 5.41) is 0. The second kappa shape index (κ2) is 5.92. The minimum Gasteiger partial charge on any atom is -0.416 e. The molecule has 0 amide bonds. The molecule has 2 atom stereocenters. The van der Waals surface area contributed by atoms with Crippen LogP contribution in [0, 0.1) is 0 Å². The van der Waals surface area contributed by atoms with Gasteiger partial charge < -0.3 is 4.74 Å². The number of ether oxygens (including phenoxy) is 1. The van der Waals surface area contributed by atoms with Gasteiger partial charge in [0.05, 0.1) is 0 Å². The Labute approximate surface area is 105 Å². The number of rotatable bonds is 5. The van der Waals surface area contributed by atoms with E-state index in [0.29, 0.717) is 6.08 Å². The van der Waals surface area contributed by atoms with Gasteiger partial charge in [-0.1, -0.05) is 6.08 Å². The minimum atomic E-state index is -6.69. The van der Waals surface area contributed by atoms with Gasteiger partial charge >= 0.3 is 30.0 Å². The van der Waals surface area contributed by atoms with Gasteiger partial charge in [-0.15, -0.1) is 0 Å². The smallest absolute Gasteiger partial charge is 0.416 e. The zero-order chi connectivity index (χ0) is 16.4. The lowest BCUT2D eigenvalue weighted by atomic mass is 10.0. The second-order valence-corrected chi connectivity index (χ2v) is 3.28. The molecule has 11 heteroatoms. The normalized spacial score (nSPS) is 17.8. The Kier molecular flexibility index (Phi) is 5.50. The van der Waals surface area contributed by atoms with Gasteiger partial charge in [0.15, 0.2) is 6.17 Å². The number of allylic oxidation sites excluding steroid dienone is 2. The summed E-state index contributed by atoms with van der Waals surface area (Å²) in [5.74, 6) is -12.3. The van der Waals surface area contributed by atoms with E-state index in [-0.39, 0.29) is 6.08 Å². The van der Waals surface area contributed by atoms with E-state index in [1.165, 1.54) is 0 Å². The third kappa shape index (κ3) is 3.37. The van der Waals surface area contributed by atoms with Crippen molar-refractivity contribution in [1.29, 1.82) is 0 Å². The quantitative estimate of drug-likeness (QED) is 0.401. The lowest BCUT2D eigenvalue weighted by Gasteiger charge is -2.34. The van der Waals surface area contributed by atoms with Crippen molar-refractivity contribution in [1.82, 2.24) is 0 Å². The molecule has 0 saturated carbocycles. The third-order valence-corrected chi connectivity index (χ3v) is 1.88. The standard InChI is InChI=1S/C9H6F10O/c1-2-3-4(10)7(14,15)8(16,9(17,18)19)20-6(13)5(11)12/h2-4H,1H3/b3-2+. The SMILES string of the molecule is C/C=C/C(F)C(F)(F)C(F)(OC(F)=C(F)F)C(F)(F)F. The fourth-order valence-corrected chi connectivity index (χ4v) is 0.944. The third-order valence-electron chi connectivity index (χ3n) is 1.88. The summed E-state index contributed by atoms with van der Waals surface area (Å²) in [6.07, 6.45) is -13.9. The van der Waals surface area contributed by atoms with Gasteiger partial charge in [0.25, 0.3) is 0 Å². The van der Waals surface area contributed by atoms with Crippen LogP contribution in [0.1, 0.15) is 6.92 Å². The molecular formula is C9H6F10O. The summed E-state index contributed by atoms with van der Waals surface area (Å²) >= 11 is 0. The van der Waals surface area contributed by atoms with Crippen molar-refractivity contribution >= 4 is 0 Å². The van der Waals surface area contributed by atoms with Crippen LogP contribution in [0.5, 0.6) is 0 Å². The van der Waals surface area contributed by atoms with E-state index in [4.69, 9.17) is 0 Å². The van der Waals surface area contributed by atoms with Crippen LogP contribution in [0.15, 0.2) is 24.2 Å². The highest BCUT2D eigenvalue weighted by atomic mass is 19.4. The fraction of sp³-hybridized carbons (Fsp3) is 0.556. The van der Waals surface area contributed by atoms with Crippen LogP contribution in [-0.2, 0) is 4.74 Å². The van der Waals surface area contributed by atoms with Crippen molar-refractivity contribution in [3.63, 3.8) is 0 Å². The van der Waals surface area contributed by atoms with E-state index >= 15 is 0 Å². The topological polar surface area (TPSA) is 9.23 Å². The Morgan fingerprint density at radius 2 is 1.45 bits per heavy atom. The van der Waals surface area contributed by atoms with Gasteiger partial charge in [-0.3, -0.25) is 0 Å². The van der Waals surface area contributed by atoms with Crippen molar-refractivity contribution in [2.24, 2.45) is 0 Å². The monoisotopic (exact) mass is 320 g/mol. The summed E-state index contributed by atoms with van der Waals surface area (Å²) in [7, 11) is 0. The van der Waals surface area contributed by atoms with Gasteiger partial charge in [-0.2, -0.15) is 39.5 Å². The predicted molar refractivity (Wildman–Crippen MR) is 46.0 cm³/mol.